The number of benzene rings is 1. The first-order valence-corrected chi connectivity index (χ1v) is 9.52. The third-order valence-corrected chi connectivity index (χ3v) is 5.21. The number of nitrogens with zero attached hydrogens (tertiary/aromatic N) is 3. The van der Waals surface area contributed by atoms with Crippen LogP contribution in [0.3, 0.4) is 0 Å². The topological polar surface area (TPSA) is 122 Å². The van der Waals surface area contributed by atoms with Gasteiger partial charge in [-0.3, -0.25) is 23.9 Å². The van der Waals surface area contributed by atoms with Gasteiger partial charge in [0.25, 0.3) is 0 Å². The fourth-order valence-electron chi connectivity index (χ4n) is 3.60. The number of carbonyl (C=O) groups is 4. The summed E-state index contributed by atoms with van der Waals surface area (Å²) < 4.78 is 1.67. The van der Waals surface area contributed by atoms with Gasteiger partial charge in [-0.2, -0.15) is 5.10 Å². The second kappa shape index (κ2) is 8.10. The zero-order valence-electron chi connectivity index (χ0n) is 17.1. The van der Waals surface area contributed by atoms with Crippen LogP contribution in [0.2, 0.25) is 0 Å². The molecule has 1 atom stereocenters. The van der Waals surface area contributed by atoms with E-state index in [1.165, 1.54) is 4.90 Å². The Balaban J connectivity index is 1.86. The van der Waals surface area contributed by atoms with Crippen molar-refractivity contribution in [1.29, 1.82) is 0 Å². The summed E-state index contributed by atoms with van der Waals surface area (Å²) in [5.74, 6) is -4.83. The molecule has 1 fully saturated rings. The summed E-state index contributed by atoms with van der Waals surface area (Å²) >= 11 is 0. The molecular weight excluding hydrogens is 388 g/mol. The van der Waals surface area contributed by atoms with Crippen LogP contribution in [-0.4, -0.2) is 55.4 Å². The van der Waals surface area contributed by atoms with E-state index in [1.807, 2.05) is 36.4 Å². The molecule has 1 aliphatic rings. The van der Waals surface area contributed by atoms with Gasteiger partial charge in [-0.05, 0) is 19.9 Å². The van der Waals surface area contributed by atoms with E-state index < -0.39 is 41.6 Å². The maximum Gasteiger partial charge on any atom is 0.322 e. The molecule has 9 nitrogen and oxygen atoms in total. The maximum absolute atomic E-state index is 13.1. The highest BCUT2D eigenvalue weighted by molar-refractivity contribution is 6.20. The number of carboxylic acids is 1. The highest BCUT2D eigenvalue weighted by atomic mass is 16.4. The molecule has 0 radical (unpaired) electrons. The molecule has 2 amide bonds. The number of aliphatic carboxylic acids is 1. The number of hydrogen-bond acceptors (Lipinski definition) is 5. The molecule has 1 aromatic heterocycles. The first kappa shape index (κ1) is 21.2. The van der Waals surface area contributed by atoms with Crippen molar-refractivity contribution >= 4 is 23.6 Å². The van der Waals surface area contributed by atoms with Crippen LogP contribution in [0.15, 0.2) is 36.4 Å². The number of ketones is 1. The highest BCUT2D eigenvalue weighted by Gasteiger charge is 2.48. The van der Waals surface area contributed by atoms with Crippen molar-refractivity contribution in [3.05, 3.63) is 42.1 Å². The zero-order chi connectivity index (χ0) is 22.1. The van der Waals surface area contributed by atoms with Gasteiger partial charge >= 0.3 is 5.97 Å². The molecule has 1 unspecified atom stereocenters. The number of likely N-dealkylation sites (tertiary alicyclic amines) is 1. The molecule has 3 rings (SSSR count). The Hall–Kier alpha value is -3.49. The van der Waals surface area contributed by atoms with Gasteiger partial charge in [0.15, 0.2) is 11.7 Å². The molecule has 0 saturated carbocycles. The fraction of sp³-hybridized carbons (Fsp3) is 0.381. The van der Waals surface area contributed by atoms with Gasteiger partial charge in [0.1, 0.15) is 6.54 Å². The molecule has 2 N–H and O–H groups in total. The maximum atomic E-state index is 13.1. The van der Waals surface area contributed by atoms with Crippen LogP contribution in [0, 0.1) is 5.92 Å². The van der Waals surface area contributed by atoms with Crippen LogP contribution >= 0.6 is 0 Å². The Morgan fingerprint density at radius 1 is 1.23 bits per heavy atom. The normalized spacial score (nSPS) is 18.4. The monoisotopic (exact) mass is 412 g/mol. The summed E-state index contributed by atoms with van der Waals surface area (Å²) in [5.41, 5.74) is 1.63. The summed E-state index contributed by atoms with van der Waals surface area (Å²) in [6.45, 7) is 3.05. The standard InChI is InChI=1S/C21H24N4O5/c1-21(2)10-16(26)18(19(29)22-11-17(27)28)20(30)25(21)12-14-9-15(23-24(14)3)13-7-5-4-6-8-13/h4-9,18H,10-12H2,1-3H3,(H,22,29)(H,27,28). The number of aromatic nitrogens is 2. The number of aryl methyl sites for hydroxylation is 1. The lowest BCUT2D eigenvalue weighted by atomic mass is 9.82. The molecule has 1 aliphatic heterocycles. The third kappa shape index (κ3) is 4.24. The molecule has 0 aliphatic carbocycles. The van der Waals surface area contributed by atoms with Gasteiger partial charge in [-0.15, -0.1) is 0 Å². The summed E-state index contributed by atoms with van der Waals surface area (Å²) in [6.07, 6.45) is -0.00665. The van der Waals surface area contributed by atoms with Crippen LogP contribution < -0.4 is 5.32 Å². The SMILES string of the molecule is Cn1nc(-c2ccccc2)cc1CN1C(=O)C(C(=O)NCC(=O)O)C(=O)CC1(C)C. The molecule has 2 heterocycles. The quantitative estimate of drug-likeness (QED) is 0.683. The molecule has 2 aromatic rings. The van der Waals surface area contributed by atoms with E-state index in [1.54, 1.807) is 25.6 Å². The van der Waals surface area contributed by atoms with Crippen LogP contribution in [0.5, 0.6) is 0 Å². The van der Waals surface area contributed by atoms with Gasteiger partial charge in [0, 0.05) is 24.6 Å². The number of amides is 2. The fourth-order valence-corrected chi connectivity index (χ4v) is 3.60. The summed E-state index contributed by atoms with van der Waals surface area (Å²) in [7, 11) is 1.77. The van der Waals surface area contributed by atoms with E-state index in [-0.39, 0.29) is 13.0 Å². The Labute approximate surface area is 173 Å². The smallest absolute Gasteiger partial charge is 0.322 e. The van der Waals surface area contributed by atoms with Crippen molar-refractivity contribution in [2.75, 3.05) is 6.54 Å². The molecule has 1 saturated heterocycles. The summed E-state index contributed by atoms with van der Waals surface area (Å²) in [4.78, 5) is 50.1. The van der Waals surface area contributed by atoms with Gasteiger partial charge in [0.2, 0.25) is 11.8 Å². The van der Waals surface area contributed by atoms with Crippen molar-refractivity contribution in [3.63, 3.8) is 0 Å². The number of rotatable bonds is 6. The molecule has 158 valence electrons. The van der Waals surface area contributed by atoms with Crippen LogP contribution in [0.25, 0.3) is 11.3 Å². The van der Waals surface area contributed by atoms with Crippen LogP contribution in [0.1, 0.15) is 26.0 Å². The first-order chi connectivity index (χ1) is 14.1. The predicted molar refractivity (Wildman–Crippen MR) is 107 cm³/mol. The Morgan fingerprint density at radius 3 is 2.53 bits per heavy atom. The lowest BCUT2D eigenvalue weighted by Gasteiger charge is -2.43. The van der Waals surface area contributed by atoms with Crippen LogP contribution in [-0.2, 0) is 32.8 Å². The minimum atomic E-state index is -1.54. The molecule has 0 spiro atoms. The molecule has 1 aromatic carbocycles. The van der Waals surface area contributed by atoms with Crippen LogP contribution in [0.4, 0.5) is 0 Å². The van der Waals surface area contributed by atoms with Gasteiger partial charge in [-0.1, -0.05) is 30.3 Å². The second-order valence-electron chi connectivity index (χ2n) is 7.94. The minimum absolute atomic E-state index is 0.00665. The van der Waals surface area contributed by atoms with Crippen molar-refractivity contribution in [3.8, 4) is 11.3 Å². The average Bonchev–Trinajstić information content (AvgIpc) is 3.04. The largest absolute Gasteiger partial charge is 0.480 e. The van der Waals surface area contributed by atoms with Gasteiger partial charge in [0.05, 0.1) is 17.9 Å². The van der Waals surface area contributed by atoms with Crippen molar-refractivity contribution in [2.45, 2.75) is 32.4 Å². The zero-order valence-corrected chi connectivity index (χ0v) is 17.1. The number of carbonyl (C=O) groups excluding carboxylic acids is 3. The predicted octanol–water partition coefficient (Wildman–Crippen LogP) is 0.984. The molecule has 30 heavy (non-hydrogen) atoms. The van der Waals surface area contributed by atoms with Gasteiger partial charge < -0.3 is 15.3 Å². The van der Waals surface area contributed by atoms with Gasteiger partial charge in [-0.25, -0.2) is 0 Å². The Bertz CT molecular complexity index is 996. The molecule has 9 heteroatoms. The van der Waals surface area contributed by atoms with Crippen molar-refractivity contribution in [1.82, 2.24) is 20.0 Å². The average molecular weight is 412 g/mol. The summed E-state index contributed by atoms with van der Waals surface area (Å²) in [6, 6.07) is 11.5. The lowest BCUT2D eigenvalue weighted by Crippen LogP contribution is -2.60. The van der Waals surface area contributed by atoms with E-state index in [4.69, 9.17) is 5.11 Å². The van der Waals surface area contributed by atoms with Crippen molar-refractivity contribution < 1.29 is 24.3 Å². The number of nitrogens with one attached hydrogen (secondary N) is 1. The van der Waals surface area contributed by atoms with E-state index in [0.29, 0.717) is 0 Å². The minimum Gasteiger partial charge on any atom is -0.480 e. The lowest BCUT2D eigenvalue weighted by molar-refractivity contribution is -0.158. The number of piperidine rings is 1. The number of carboxylic acid groups (broad SMARTS) is 1. The van der Waals surface area contributed by atoms with E-state index in [9.17, 15) is 19.2 Å². The molecular formula is C21H24N4O5. The number of Topliss-reactive ketones (excluding diaryl/α,β-unsaturated/α-hetero) is 1. The van der Waals surface area contributed by atoms with E-state index in [0.717, 1.165) is 17.0 Å². The van der Waals surface area contributed by atoms with Crippen molar-refractivity contribution in [2.24, 2.45) is 13.0 Å². The second-order valence-corrected chi connectivity index (χ2v) is 7.94. The third-order valence-electron chi connectivity index (χ3n) is 5.21. The Kier molecular flexibility index (Phi) is 5.73. The first-order valence-electron chi connectivity index (χ1n) is 9.52. The Morgan fingerprint density at radius 2 is 1.90 bits per heavy atom. The molecule has 0 bridgehead atoms. The summed E-state index contributed by atoms with van der Waals surface area (Å²) in [5, 5.41) is 15.4. The van der Waals surface area contributed by atoms with E-state index >= 15 is 0 Å². The number of hydrogen-bond donors (Lipinski definition) is 2. The highest BCUT2D eigenvalue weighted by Crippen LogP contribution is 2.31. The van der Waals surface area contributed by atoms with E-state index in [2.05, 4.69) is 10.4 Å².